The van der Waals surface area contributed by atoms with E-state index in [0.717, 1.165) is 24.0 Å². The number of nitrogens with zero attached hydrogens (tertiary/aromatic N) is 1. The van der Waals surface area contributed by atoms with Crippen molar-refractivity contribution in [2.75, 3.05) is 13.7 Å². The molecule has 1 amide bonds. The van der Waals surface area contributed by atoms with Gasteiger partial charge in [-0.2, -0.15) is 0 Å². The molecule has 0 heterocycles. The summed E-state index contributed by atoms with van der Waals surface area (Å²) in [4.78, 5) is 28.1. The SMILES string of the molecule is CN(C(=O)OCC1c2ccccc2-c2ccccc21)C1(c2ccccc2Cl)CCCCC1=O. The van der Waals surface area contributed by atoms with Gasteiger partial charge in [0.15, 0.2) is 5.78 Å². The molecule has 5 heteroatoms. The number of ether oxygens (including phenoxy) is 1. The smallest absolute Gasteiger partial charge is 0.410 e. The first-order chi connectivity index (χ1) is 16.0. The zero-order valence-corrected chi connectivity index (χ0v) is 19.3. The second-order valence-electron chi connectivity index (χ2n) is 8.83. The molecule has 0 spiro atoms. The lowest BCUT2D eigenvalue weighted by Crippen LogP contribution is -2.54. The molecule has 2 aliphatic carbocycles. The maximum Gasteiger partial charge on any atom is 0.410 e. The van der Waals surface area contributed by atoms with Crippen molar-refractivity contribution >= 4 is 23.5 Å². The van der Waals surface area contributed by atoms with Crippen LogP contribution < -0.4 is 0 Å². The Morgan fingerprint density at radius 3 is 2.21 bits per heavy atom. The van der Waals surface area contributed by atoms with Crippen LogP contribution in [0.2, 0.25) is 5.02 Å². The zero-order chi connectivity index (χ0) is 23.0. The van der Waals surface area contributed by atoms with Gasteiger partial charge in [0.05, 0.1) is 0 Å². The molecule has 3 aromatic rings. The van der Waals surface area contributed by atoms with Crippen LogP contribution in [-0.2, 0) is 15.1 Å². The Morgan fingerprint density at radius 1 is 0.970 bits per heavy atom. The number of fused-ring (bicyclic) bond motifs is 3. The Labute approximate surface area is 199 Å². The first kappa shape index (κ1) is 21.7. The molecule has 0 saturated heterocycles. The highest BCUT2D eigenvalue weighted by Gasteiger charge is 2.48. The summed E-state index contributed by atoms with van der Waals surface area (Å²) in [6, 6.07) is 23.8. The molecule has 0 bridgehead atoms. The lowest BCUT2D eigenvalue weighted by atomic mass is 9.74. The molecule has 0 N–H and O–H groups in total. The average molecular weight is 460 g/mol. The van der Waals surface area contributed by atoms with Crippen LogP contribution >= 0.6 is 11.6 Å². The molecule has 33 heavy (non-hydrogen) atoms. The van der Waals surface area contributed by atoms with Gasteiger partial charge < -0.3 is 4.74 Å². The molecule has 1 unspecified atom stereocenters. The maximum atomic E-state index is 13.4. The van der Waals surface area contributed by atoms with Gasteiger partial charge in [-0.05, 0) is 47.6 Å². The Bertz CT molecular complexity index is 1180. The number of halogens is 1. The number of rotatable bonds is 4. The van der Waals surface area contributed by atoms with Gasteiger partial charge in [0, 0.05) is 30.0 Å². The van der Waals surface area contributed by atoms with E-state index in [1.54, 1.807) is 13.1 Å². The predicted molar refractivity (Wildman–Crippen MR) is 129 cm³/mol. The number of hydrogen-bond acceptors (Lipinski definition) is 3. The van der Waals surface area contributed by atoms with Crippen LogP contribution in [0, 0.1) is 0 Å². The first-order valence-corrected chi connectivity index (χ1v) is 11.8. The number of carbonyl (C=O) groups excluding carboxylic acids is 2. The van der Waals surface area contributed by atoms with Crippen molar-refractivity contribution in [1.82, 2.24) is 4.90 Å². The lowest BCUT2D eigenvalue weighted by Gasteiger charge is -2.43. The second kappa shape index (κ2) is 8.68. The largest absolute Gasteiger partial charge is 0.448 e. The highest BCUT2D eigenvalue weighted by Crippen LogP contribution is 2.45. The fourth-order valence-electron chi connectivity index (χ4n) is 5.48. The molecule has 0 aliphatic heterocycles. The van der Waals surface area contributed by atoms with Crippen molar-refractivity contribution in [3.05, 3.63) is 94.5 Å². The van der Waals surface area contributed by atoms with E-state index in [4.69, 9.17) is 16.3 Å². The van der Waals surface area contributed by atoms with Crippen LogP contribution in [0.4, 0.5) is 4.79 Å². The summed E-state index contributed by atoms with van der Waals surface area (Å²) in [6.45, 7) is 0.212. The van der Waals surface area contributed by atoms with Crippen LogP contribution in [0.1, 0.15) is 48.3 Å². The van der Waals surface area contributed by atoms with E-state index < -0.39 is 11.6 Å². The van der Waals surface area contributed by atoms with Crippen molar-refractivity contribution in [2.45, 2.75) is 37.1 Å². The van der Waals surface area contributed by atoms with Crippen LogP contribution in [0.5, 0.6) is 0 Å². The van der Waals surface area contributed by atoms with Gasteiger partial charge in [-0.15, -0.1) is 0 Å². The van der Waals surface area contributed by atoms with E-state index in [-0.39, 0.29) is 18.3 Å². The normalized spacial score (nSPS) is 19.6. The molecular weight excluding hydrogens is 434 g/mol. The fraction of sp³-hybridized carbons (Fsp3) is 0.286. The van der Waals surface area contributed by atoms with Crippen LogP contribution in [-0.4, -0.2) is 30.4 Å². The monoisotopic (exact) mass is 459 g/mol. The summed E-state index contributed by atoms with van der Waals surface area (Å²) in [5, 5.41) is 0.492. The van der Waals surface area contributed by atoms with Gasteiger partial charge in [0.1, 0.15) is 12.1 Å². The van der Waals surface area contributed by atoms with Crippen LogP contribution in [0.15, 0.2) is 72.8 Å². The lowest BCUT2D eigenvalue weighted by molar-refractivity contribution is -0.133. The van der Waals surface area contributed by atoms with Gasteiger partial charge >= 0.3 is 6.09 Å². The van der Waals surface area contributed by atoms with E-state index in [0.29, 0.717) is 23.4 Å². The topological polar surface area (TPSA) is 46.6 Å². The fourth-order valence-corrected chi connectivity index (χ4v) is 5.77. The zero-order valence-electron chi connectivity index (χ0n) is 18.6. The molecule has 1 atom stereocenters. The summed E-state index contributed by atoms with van der Waals surface area (Å²) in [6.07, 6.45) is 2.12. The molecule has 1 saturated carbocycles. The minimum absolute atomic E-state index is 0.0119. The van der Waals surface area contributed by atoms with E-state index in [1.165, 1.54) is 16.0 Å². The Morgan fingerprint density at radius 2 is 1.58 bits per heavy atom. The summed E-state index contributed by atoms with van der Waals surface area (Å²) in [7, 11) is 1.66. The van der Waals surface area contributed by atoms with E-state index in [9.17, 15) is 9.59 Å². The molecule has 3 aromatic carbocycles. The number of carbonyl (C=O) groups is 2. The van der Waals surface area contributed by atoms with Gasteiger partial charge in [-0.25, -0.2) is 4.79 Å². The quantitative estimate of drug-likeness (QED) is 0.444. The van der Waals surface area contributed by atoms with Gasteiger partial charge in [-0.3, -0.25) is 9.69 Å². The highest BCUT2D eigenvalue weighted by atomic mass is 35.5. The highest BCUT2D eigenvalue weighted by molar-refractivity contribution is 6.31. The van der Waals surface area contributed by atoms with Crippen LogP contribution in [0.3, 0.4) is 0 Å². The van der Waals surface area contributed by atoms with E-state index >= 15 is 0 Å². The van der Waals surface area contributed by atoms with Crippen molar-refractivity contribution in [3.63, 3.8) is 0 Å². The molecule has 168 valence electrons. The van der Waals surface area contributed by atoms with Gasteiger partial charge in [-0.1, -0.05) is 78.3 Å². The Kier molecular flexibility index (Phi) is 5.71. The summed E-state index contributed by atoms with van der Waals surface area (Å²) >= 11 is 6.52. The molecule has 2 aliphatic rings. The summed E-state index contributed by atoms with van der Waals surface area (Å²) in [5.41, 5.74) is 4.24. The third-order valence-electron chi connectivity index (χ3n) is 7.16. The second-order valence-corrected chi connectivity index (χ2v) is 9.24. The first-order valence-electron chi connectivity index (χ1n) is 11.4. The van der Waals surface area contributed by atoms with Crippen molar-refractivity contribution in [3.8, 4) is 11.1 Å². The third-order valence-corrected chi connectivity index (χ3v) is 7.49. The maximum absolute atomic E-state index is 13.4. The predicted octanol–water partition coefficient (Wildman–Crippen LogP) is 6.56. The standard InChI is InChI=1S/C28H26ClNO3/c1-30(28(17-9-8-16-26(28)31)24-14-6-7-15-25(24)29)27(32)33-18-23-21-12-4-2-10-19(21)20-11-3-5-13-22(20)23/h2-7,10-15,23H,8-9,16-18H2,1H3. The molecule has 5 rings (SSSR count). The van der Waals surface area contributed by atoms with E-state index in [2.05, 4.69) is 24.3 Å². The molecule has 1 fully saturated rings. The molecule has 4 nitrogen and oxygen atoms in total. The van der Waals surface area contributed by atoms with Crippen LogP contribution in [0.25, 0.3) is 11.1 Å². The van der Waals surface area contributed by atoms with Crippen molar-refractivity contribution < 1.29 is 14.3 Å². The number of hydrogen-bond donors (Lipinski definition) is 0. The van der Waals surface area contributed by atoms with Crippen molar-refractivity contribution in [2.24, 2.45) is 0 Å². The number of likely N-dealkylation sites (N-methyl/N-ethyl adjacent to an activating group) is 1. The average Bonchev–Trinajstić information content (AvgIpc) is 3.17. The Balaban J connectivity index is 1.43. The molecule has 0 aromatic heterocycles. The number of amides is 1. The Hall–Kier alpha value is -3.11. The summed E-state index contributed by atoms with van der Waals surface area (Å²) in [5.74, 6) is -0.0223. The number of ketones is 1. The van der Waals surface area contributed by atoms with E-state index in [1.807, 2.05) is 42.5 Å². The third kappa shape index (κ3) is 3.53. The van der Waals surface area contributed by atoms with Gasteiger partial charge in [0.2, 0.25) is 0 Å². The van der Waals surface area contributed by atoms with Gasteiger partial charge in [0.25, 0.3) is 0 Å². The number of benzene rings is 3. The summed E-state index contributed by atoms with van der Waals surface area (Å²) < 4.78 is 5.88. The molecular formula is C28H26ClNO3. The minimum Gasteiger partial charge on any atom is -0.448 e. The molecule has 0 radical (unpaired) electrons. The number of Topliss-reactive ketones (excluding diaryl/α,β-unsaturated/α-hetero) is 1. The minimum atomic E-state index is -1.10. The van der Waals surface area contributed by atoms with Crippen molar-refractivity contribution in [1.29, 1.82) is 0 Å².